The van der Waals surface area contributed by atoms with E-state index in [0.717, 1.165) is 42.2 Å². The quantitative estimate of drug-likeness (QED) is 0.867. The SMILES string of the molecule is COc1ccc(-c2nc(CN3CCCCC3CO)c(C)o2)c(OC)c1. The largest absolute Gasteiger partial charge is 0.497 e. The Morgan fingerprint density at radius 2 is 2.12 bits per heavy atom. The van der Waals surface area contributed by atoms with E-state index in [1.807, 2.05) is 25.1 Å². The zero-order chi connectivity index (χ0) is 17.8. The number of aryl methyl sites for hydroxylation is 1. The van der Waals surface area contributed by atoms with Gasteiger partial charge in [0.2, 0.25) is 5.89 Å². The van der Waals surface area contributed by atoms with Crippen molar-refractivity contribution < 1.29 is 19.0 Å². The van der Waals surface area contributed by atoms with E-state index in [0.29, 0.717) is 18.2 Å². The van der Waals surface area contributed by atoms with Gasteiger partial charge in [0.25, 0.3) is 0 Å². The molecule has 2 aromatic rings. The molecule has 1 aromatic carbocycles. The Bertz CT molecular complexity index is 713. The van der Waals surface area contributed by atoms with Crippen LogP contribution >= 0.6 is 0 Å². The molecule has 1 saturated heterocycles. The first kappa shape index (κ1) is 17.8. The van der Waals surface area contributed by atoms with Gasteiger partial charge in [0.15, 0.2) is 0 Å². The molecular formula is C19H26N2O4. The number of likely N-dealkylation sites (tertiary alicyclic amines) is 1. The lowest BCUT2D eigenvalue weighted by molar-refractivity contribution is 0.0828. The molecule has 1 fully saturated rings. The van der Waals surface area contributed by atoms with Crippen LogP contribution in [0.1, 0.15) is 30.7 Å². The van der Waals surface area contributed by atoms with E-state index < -0.39 is 0 Å². The van der Waals surface area contributed by atoms with Gasteiger partial charge in [-0.15, -0.1) is 0 Å². The summed E-state index contributed by atoms with van der Waals surface area (Å²) in [7, 11) is 3.24. The lowest BCUT2D eigenvalue weighted by Gasteiger charge is -2.33. The highest BCUT2D eigenvalue weighted by Crippen LogP contribution is 2.34. The fourth-order valence-corrected chi connectivity index (χ4v) is 3.33. The average Bonchev–Trinajstić information content (AvgIpc) is 3.01. The molecule has 0 bridgehead atoms. The standard InChI is InChI=1S/C19H26N2O4/c1-13-17(11-21-9-5-4-6-14(21)12-22)20-19(25-13)16-8-7-15(23-2)10-18(16)24-3/h7-8,10,14,22H,4-6,9,11-12H2,1-3H3. The second-order valence-electron chi connectivity index (χ2n) is 6.39. The predicted octanol–water partition coefficient (Wildman–Crippen LogP) is 3.01. The van der Waals surface area contributed by atoms with Crippen molar-refractivity contribution in [2.75, 3.05) is 27.4 Å². The van der Waals surface area contributed by atoms with Crippen molar-refractivity contribution in [1.29, 1.82) is 0 Å². The summed E-state index contributed by atoms with van der Waals surface area (Å²) in [5, 5.41) is 9.60. The summed E-state index contributed by atoms with van der Waals surface area (Å²) in [6.45, 7) is 3.80. The van der Waals surface area contributed by atoms with Gasteiger partial charge >= 0.3 is 0 Å². The number of piperidine rings is 1. The Morgan fingerprint density at radius 3 is 2.84 bits per heavy atom. The third-order valence-corrected chi connectivity index (χ3v) is 4.84. The molecule has 0 saturated carbocycles. The van der Waals surface area contributed by atoms with Crippen molar-refractivity contribution in [2.45, 2.75) is 38.8 Å². The number of ether oxygens (including phenoxy) is 2. The second-order valence-corrected chi connectivity index (χ2v) is 6.39. The molecule has 0 aliphatic carbocycles. The summed E-state index contributed by atoms with van der Waals surface area (Å²) in [4.78, 5) is 6.99. The molecule has 6 heteroatoms. The lowest BCUT2D eigenvalue weighted by atomic mass is 10.0. The fourth-order valence-electron chi connectivity index (χ4n) is 3.33. The van der Waals surface area contributed by atoms with Gasteiger partial charge < -0.3 is 19.0 Å². The first-order valence-corrected chi connectivity index (χ1v) is 8.70. The number of methoxy groups -OCH3 is 2. The van der Waals surface area contributed by atoms with Gasteiger partial charge in [0.05, 0.1) is 32.1 Å². The van der Waals surface area contributed by atoms with Gasteiger partial charge in [-0.1, -0.05) is 6.42 Å². The minimum atomic E-state index is 0.191. The molecule has 6 nitrogen and oxygen atoms in total. The summed E-state index contributed by atoms with van der Waals surface area (Å²) < 4.78 is 16.6. The fraction of sp³-hybridized carbons (Fsp3) is 0.526. The number of aromatic nitrogens is 1. The Morgan fingerprint density at radius 1 is 1.28 bits per heavy atom. The van der Waals surface area contributed by atoms with E-state index >= 15 is 0 Å². The first-order chi connectivity index (χ1) is 12.2. The number of oxazole rings is 1. The molecule has 1 aliphatic rings. The molecule has 3 rings (SSSR count). The van der Waals surface area contributed by atoms with Crippen LogP contribution in [-0.4, -0.2) is 48.4 Å². The van der Waals surface area contributed by atoms with Gasteiger partial charge in [-0.25, -0.2) is 4.98 Å². The smallest absolute Gasteiger partial charge is 0.230 e. The molecule has 1 aliphatic heterocycles. The molecule has 1 unspecified atom stereocenters. The monoisotopic (exact) mass is 346 g/mol. The molecule has 1 aromatic heterocycles. The van der Waals surface area contributed by atoms with Crippen molar-refractivity contribution in [3.63, 3.8) is 0 Å². The van der Waals surface area contributed by atoms with E-state index in [-0.39, 0.29) is 12.6 Å². The van der Waals surface area contributed by atoms with Gasteiger partial charge in [-0.3, -0.25) is 4.90 Å². The van der Waals surface area contributed by atoms with Crippen LogP contribution in [0.15, 0.2) is 22.6 Å². The van der Waals surface area contributed by atoms with Crippen molar-refractivity contribution in [1.82, 2.24) is 9.88 Å². The highest BCUT2D eigenvalue weighted by Gasteiger charge is 2.24. The molecule has 2 heterocycles. The van der Waals surface area contributed by atoms with Crippen LogP contribution in [0.5, 0.6) is 11.5 Å². The lowest BCUT2D eigenvalue weighted by Crippen LogP contribution is -2.41. The summed E-state index contributed by atoms with van der Waals surface area (Å²) in [6, 6.07) is 5.79. The van der Waals surface area contributed by atoms with Crippen LogP contribution in [0.2, 0.25) is 0 Å². The highest BCUT2D eigenvalue weighted by molar-refractivity contribution is 5.65. The van der Waals surface area contributed by atoms with Crippen LogP contribution in [0.25, 0.3) is 11.5 Å². The number of aliphatic hydroxyl groups is 1. The maximum Gasteiger partial charge on any atom is 0.230 e. The Kier molecular flexibility index (Phi) is 5.60. The number of hydrogen-bond acceptors (Lipinski definition) is 6. The average molecular weight is 346 g/mol. The molecular weight excluding hydrogens is 320 g/mol. The van der Waals surface area contributed by atoms with Gasteiger partial charge in [0.1, 0.15) is 17.3 Å². The van der Waals surface area contributed by atoms with Crippen LogP contribution in [-0.2, 0) is 6.54 Å². The third-order valence-electron chi connectivity index (χ3n) is 4.84. The summed E-state index contributed by atoms with van der Waals surface area (Å²) in [5.74, 6) is 2.74. The van der Waals surface area contributed by atoms with E-state index in [9.17, 15) is 5.11 Å². The number of rotatable bonds is 6. The van der Waals surface area contributed by atoms with E-state index in [2.05, 4.69) is 4.90 Å². The molecule has 0 spiro atoms. The first-order valence-electron chi connectivity index (χ1n) is 8.70. The zero-order valence-electron chi connectivity index (χ0n) is 15.1. The van der Waals surface area contributed by atoms with E-state index in [1.54, 1.807) is 14.2 Å². The van der Waals surface area contributed by atoms with Crippen LogP contribution in [0.4, 0.5) is 0 Å². The maximum absolute atomic E-state index is 9.60. The van der Waals surface area contributed by atoms with E-state index in [1.165, 1.54) is 6.42 Å². The minimum absolute atomic E-state index is 0.191. The minimum Gasteiger partial charge on any atom is -0.497 e. The summed E-state index contributed by atoms with van der Waals surface area (Å²) >= 11 is 0. The second kappa shape index (κ2) is 7.89. The maximum atomic E-state index is 9.60. The Balaban J connectivity index is 1.85. The summed E-state index contributed by atoms with van der Waals surface area (Å²) in [5.41, 5.74) is 1.71. The summed E-state index contributed by atoms with van der Waals surface area (Å²) in [6.07, 6.45) is 3.37. The third kappa shape index (κ3) is 3.80. The number of benzene rings is 1. The van der Waals surface area contributed by atoms with E-state index in [4.69, 9.17) is 18.9 Å². The molecule has 25 heavy (non-hydrogen) atoms. The number of hydrogen-bond donors (Lipinski definition) is 1. The molecule has 1 N–H and O–H groups in total. The molecule has 1 atom stereocenters. The number of nitrogens with zero attached hydrogens (tertiary/aromatic N) is 2. The van der Waals surface area contributed by atoms with Crippen molar-refractivity contribution in [3.05, 3.63) is 29.7 Å². The molecule has 0 radical (unpaired) electrons. The highest BCUT2D eigenvalue weighted by atomic mass is 16.5. The normalized spacial score (nSPS) is 18.3. The Hall–Kier alpha value is -2.05. The topological polar surface area (TPSA) is 68.0 Å². The van der Waals surface area contributed by atoms with Crippen molar-refractivity contribution in [2.24, 2.45) is 0 Å². The Labute approximate surface area is 148 Å². The zero-order valence-corrected chi connectivity index (χ0v) is 15.1. The van der Waals surface area contributed by atoms with Crippen LogP contribution < -0.4 is 9.47 Å². The van der Waals surface area contributed by atoms with Gasteiger partial charge in [-0.05, 0) is 38.4 Å². The predicted molar refractivity (Wildman–Crippen MR) is 94.9 cm³/mol. The van der Waals surface area contributed by atoms with Crippen molar-refractivity contribution >= 4 is 0 Å². The number of aliphatic hydroxyl groups excluding tert-OH is 1. The van der Waals surface area contributed by atoms with Gasteiger partial charge in [-0.2, -0.15) is 0 Å². The molecule has 136 valence electrons. The van der Waals surface area contributed by atoms with Crippen LogP contribution in [0, 0.1) is 6.92 Å². The molecule has 0 amide bonds. The van der Waals surface area contributed by atoms with Crippen molar-refractivity contribution in [3.8, 4) is 23.0 Å². The van der Waals surface area contributed by atoms with Gasteiger partial charge in [0, 0.05) is 18.7 Å². The van der Waals surface area contributed by atoms with Crippen LogP contribution in [0.3, 0.4) is 0 Å².